The lowest BCUT2D eigenvalue weighted by atomic mass is 10.1. The predicted molar refractivity (Wildman–Crippen MR) is 96.0 cm³/mol. The number of aryl methyl sites for hydroxylation is 1. The first kappa shape index (κ1) is 16.9. The summed E-state index contributed by atoms with van der Waals surface area (Å²) in [4.78, 5) is 27.5. The predicted octanol–water partition coefficient (Wildman–Crippen LogP) is 3.56. The molecule has 1 aromatic carbocycles. The van der Waals surface area contributed by atoms with Gasteiger partial charge in [0.15, 0.2) is 5.13 Å². The summed E-state index contributed by atoms with van der Waals surface area (Å²) in [6.07, 6.45) is 3.85. The quantitative estimate of drug-likeness (QED) is 0.710. The van der Waals surface area contributed by atoms with E-state index in [0.29, 0.717) is 16.4 Å². The number of amides is 1. The monoisotopic (exact) mass is 355 g/mol. The molecule has 6 nitrogen and oxygen atoms in total. The number of nitrogens with zero attached hydrogens (tertiary/aromatic N) is 2. The smallest absolute Gasteiger partial charge is 0.338 e. The molecule has 0 saturated heterocycles. The maximum atomic E-state index is 12.3. The Kier molecular flexibility index (Phi) is 4.95. The molecule has 1 amide bonds. The normalized spacial score (nSPS) is 10.5. The third kappa shape index (κ3) is 4.13. The Labute approximate surface area is 149 Å². The number of carbonyl (C=O) groups excluding carboxylic acids is 2. The zero-order valence-corrected chi connectivity index (χ0v) is 14.7. The summed E-state index contributed by atoms with van der Waals surface area (Å²) in [6.45, 7) is 3.46. The molecule has 0 fully saturated rings. The molecule has 0 saturated carbocycles. The molecule has 0 aliphatic heterocycles. The van der Waals surface area contributed by atoms with Crippen molar-refractivity contribution in [3.63, 3.8) is 0 Å². The van der Waals surface area contributed by atoms with E-state index in [0.717, 1.165) is 11.3 Å². The second-order valence-electron chi connectivity index (χ2n) is 5.49. The third-order valence-corrected chi connectivity index (χ3v) is 4.32. The average molecular weight is 355 g/mol. The van der Waals surface area contributed by atoms with Crippen molar-refractivity contribution in [2.45, 2.75) is 20.5 Å². The lowest BCUT2D eigenvalue weighted by Crippen LogP contribution is -2.08. The van der Waals surface area contributed by atoms with Gasteiger partial charge < -0.3 is 14.6 Å². The molecule has 0 bridgehead atoms. The van der Waals surface area contributed by atoms with Crippen LogP contribution in [-0.4, -0.2) is 21.4 Å². The van der Waals surface area contributed by atoms with Gasteiger partial charge in [-0.2, -0.15) is 0 Å². The average Bonchev–Trinajstić information content (AvgIpc) is 3.24. The molecule has 1 N–H and O–H groups in total. The summed E-state index contributed by atoms with van der Waals surface area (Å²) < 4.78 is 7.28. The third-order valence-electron chi connectivity index (χ3n) is 3.51. The van der Waals surface area contributed by atoms with Crippen molar-refractivity contribution in [3.05, 3.63) is 64.9 Å². The Bertz CT molecular complexity index is 900. The van der Waals surface area contributed by atoms with Crippen LogP contribution in [0.3, 0.4) is 0 Å². The molecule has 25 heavy (non-hydrogen) atoms. The SMILES string of the molecule is CC(=O)Nc1nc(COC(=O)c2ccc(C)c(-n3cccc3)c2)cs1. The van der Waals surface area contributed by atoms with Gasteiger partial charge in [-0.25, -0.2) is 9.78 Å². The van der Waals surface area contributed by atoms with E-state index >= 15 is 0 Å². The van der Waals surface area contributed by atoms with Gasteiger partial charge in [-0.05, 0) is 36.8 Å². The lowest BCUT2D eigenvalue weighted by Gasteiger charge is -2.10. The van der Waals surface area contributed by atoms with Crippen molar-refractivity contribution in [1.82, 2.24) is 9.55 Å². The van der Waals surface area contributed by atoms with Crippen molar-refractivity contribution >= 4 is 28.3 Å². The van der Waals surface area contributed by atoms with Gasteiger partial charge in [-0.3, -0.25) is 4.79 Å². The highest BCUT2D eigenvalue weighted by Crippen LogP contribution is 2.19. The van der Waals surface area contributed by atoms with E-state index in [9.17, 15) is 9.59 Å². The summed E-state index contributed by atoms with van der Waals surface area (Å²) in [6, 6.07) is 9.30. The molecule has 0 atom stereocenters. The van der Waals surface area contributed by atoms with Gasteiger partial charge in [0.25, 0.3) is 0 Å². The highest BCUT2D eigenvalue weighted by atomic mass is 32.1. The second-order valence-corrected chi connectivity index (χ2v) is 6.35. The van der Waals surface area contributed by atoms with Crippen molar-refractivity contribution < 1.29 is 14.3 Å². The van der Waals surface area contributed by atoms with E-state index in [1.807, 2.05) is 42.1 Å². The molecule has 0 radical (unpaired) electrons. The van der Waals surface area contributed by atoms with Gasteiger partial charge in [0.2, 0.25) is 5.91 Å². The minimum atomic E-state index is -0.414. The maximum Gasteiger partial charge on any atom is 0.338 e. The van der Waals surface area contributed by atoms with Crippen LogP contribution < -0.4 is 5.32 Å². The van der Waals surface area contributed by atoms with Crippen molar-refractivity contribution in [2.75, 3.05) is 5.32 Å². The fourth-order valence-electron chi connectivity index (χ4n) is 2.31. The number of esters is 1. The van der Waals surface area contributed by atoms with Gasteiger partial charge >= 0.3 is 5.97 Å². The molecule has 3 aromatic rings. The van der Waals surface area contributed by atoms with Crippen LogP contribution in [0.5, 0.6) is 0 Å². The van der Waals surface area contributed by atoms with Crippen molar-refractivity contribution in [2.24, 2.45) is 0 Å². The van der Waals surface area contributed by atoms with Gasteiger partial charge in [0.05, 0.1) is 11.3 Å². The van der Waals surface area contributed by atoms with Gasteiger partial charge in [0.1, 0.15) is 6.61 Å². The van der Waals surface area contributed by atoms with Crippen LogP contribution >= 0.6 is 11.3 Å². The number of hydrogen-bond donors (Lipinski definition) is 1. The number of nitrogens with one attached hydrogen (secondary N) is 1. The first-order valence-electron chi connectivity index (χ1n) is 7.66. The molecule has 128 valence electrons. The van der Waals surface area contributed by atoms with E-state index in [4.69, 9.17) is 4.74 Å². The minimum Gasteiger partial charge on any atom is -0.456 e. The Morgan fingerprint density at radius 1 is 1.28 bits per heavy atom. The maximum absolute atomic E-state index is 12.3. The Hall–Kier alpha value is -2.93. The van der Waals surface area contributed by atoms with Crippen molar-refractivity contribution in [1.29, 1.82) is 0 Å². The molecule has 0 unspecified atom stereocenters. The molecule has 2 aromatic heterocycles. The first-order valence-corrected chi connectivity index (χ1v) is 8.54. The Morgan fingerprint density at radius 2 is 2.04 bits per heavy atom. The summed E-state index contributed by atoms with van der Waals surface area (Å²) in [5.74, 6) is -0.599. The van der Waals surface area contributed by atoms with Gasteiger partial charge in [-0.1, -0.05) is 6.07 Å². The molecule has 0 aliphatic rings. The minimum absolute atomic E-state index is 0.0572. The highest BCUT2D eigenvalue weighted by molar-refractivity contribution is 7.13. The summed E-state index contributed by atoms with van der Waals surface area (Å²) >= 11 is 1.29. The van der Waals surface area contributed by atoms with Crippen LogP contribution in [0.25, 0.3) is 5.69 Å². The molecule has 0 spiro atoms. The van der Waals surface area contributed by atoms with Crippen LogP contribution in [0.1, 0.15) is 28.5 Å². The zero-order chi connectivity index (χ0) is 17.8. The summed E-state index contributed by atoms with van der Waals surface area (Å²) in [7, 11) is 0. The van der Waals surface area contributed by atoms with E-state index < -0.39 is 5.97 Å². The highest BCUT2D eigenvalue weighted by Gasteiger charge is 2.12. The number of ether oxygens (including phenoxy) is 1. The van der Waals surface area contributed by atoms with E-state index in [1.165, 1.54) is 18.3 Å². The second kappa shape index (κ2) is 7.31. The van der Waals surface area contributed by atoms with Crippen LogP contribution in [0.4, 0.5) is 5.13 Å². The molecule has 7 heteroatoms. The zero-order valence-electron chi connectivity index (χ0n) is 13.9. The van der Waals surface area contributed by atoms with Crippen LogP contribution in [0.15, 0.2) is 48.1 Å². The molecular formula is C18H17N3O3S. The van der Waals surface area contributed by atoms with Gasteiger partial charge in [0, 0.05) is 30.4 Å². The van der Waals surface area contributed by atoms with Crippen LogP contribution in [0.2, 0.25) is 0 Å². The Morgan fingerprint density at radius 3 is 2.76 bits per heavy atom. The fourth-order valence-corrected chi connectivity index (χ4v) is 3.05. The van der Waals surface area contributed by atoms with E-state index in [-0.39, 0.29) is 12.5 Å². The number of carbonyl (C=O) groups is 2. The standard InChI is InChI=1S/C18H17N3O3S/c1-12-5-6-14(9-16(12)21-7-3-4-8-21)17(23)24-10-15-11-25-18(20-15)19-13(2)22/h3-9,11H,10H2,1-2H3,(H,19,20,22). The number of hydrogen-bond acceptors (Lipinski definition) is 5. The molecule has 3 rings (SSSR count). The van der Waals surface area contributed by atoms with Crippen LogP contribution in [0, 0.1) is 6.92 Å². The van der Waals surface area contributed by atoms with Crippen LogP contribution in [-0.2, 0) is 16.1 Å². The van der Waals surface area contributed by atoms with Crippen molar-refractivity contribution in [3.8, 4) is 5.69 Å². The van der Waals surface area contributed by atoms with E-state index in [2.05, 4.69) is 10.3 Å². The summed E-state index contributed by atoms with van der Waals surface area (Å²) in [5.41, 5.74) is 3.07. The lowest BCUT2D eigenvalue weighted by molar-refractivity contribution is -0.114. The summed E-state index contributed by atoms with van der Waals surface area (Å²) in [5, 5.41) is 4.84. The Balaban J connectivity index is 1.68. The molecule has 2 heterocycles. The number of rotatable bonds is 5. The molecular weight excluding hydrogens is 338 g/mol. The number of benzene rings is 1. The molecule has 0 aliphatic carbocycles. The first-order chi connectivity index (χ1) is 12.0. The topological polar surface area (TPSA) is 73.2 Å². The fraction of sp³-hybridized carbons (Fsp3) is 0.167. The number of aromatic nitrogens is 2. The van der Waals surface area contributed by atoms with Gasteiger partial charge in [-0.15, -0.1) is 11.3 Å². The largest absolute Gasteiger partial charge is 0.456 e. The van der Waals surface area contributed by atoms with E-state index in [1.54, 1.807) is 17.5 Å². The number of thiazole rings is 1. The number of anilines is 1.